The number of hydrogen-bond acceptors (Lipinski definition) is 12. The molecule has 0 bridgehead atoms. The lowest BCUT2D eigenvalue weighted by Crippen LogP contribution is -2.33. The number of hydrogen-bond donors (Lipinski definition) is 5. The van der Waals surface area contributed by atoms with Crippen LogP contribution in [0.5, 0.6) is 11.8 Å². The molecule has 0 radical (unpaired) electrons. The number of nitrogens with zero attached hydrogens (tertiary/aromatic N) is 2. The molecule has 0 aliphatic carbocycles. The second-order valence-corrected chi connectivity index (χ2v) is 22.1. The van der Waals surface area contributed by atoms with Crippen LogP contribution in [0.4, 0.5) is 8.78 Å². The summed E-state index contributed by atoms with van der Waals surface area (Å²) >= 11 is 0. The molecule has 2 aromatic heterocycles. The number of carbonyl (C=O) groups excluding carboxylic acids is 1. The topological polar surface area (TPSA) is 245 Å². The number of benzene rings is 4. The van der Waals surface area contributed by atoms with Crippen molar-refractivity contribution in [3.05, 3.63) is 153 Å². The number of aromatic nitrogens is 2. The molecule has 0 fully saturated rings. The molecule has 6 rings (SSSR count). The van der Waals surface area contributed by atoms with Gasteiger partial charge < -0.3 is 24.8 Å². The number of nitrogens with one attached hydrogen (secondary N) is 1. The van der Waals surface area contributed by atoms with Crippen LogP contribution in [0.2, 0.25) is 0 Å². The summed E-state index contributed by atoms with van der Waals surface area (Å²) in [5.74, 6) is -1.82. The molecule has 6 N–H and O–H groups in total. The number of methoxy groups -OCH3 is 2. The lowest BCUT2D eigenvalue weighted by atomic mass is 9.88. The first kappa shape index (κ1) is 58.9. The van der Waals surface area contributed by atoms with Gasteiger partial charge in [-0.15, -0.1) is 0 Å². The number of rotatable bonds is 15. The van der Waals surface area contributed by atoms with Crippen molar-refractivity contribution in [1.82, 2.24) is 14.7 Å². The van der Waals surface area contributed by atoms with E-state index in [0.29, 0.717) is 78.5 Å². The minimum absolute atomic E-state index is 0.0232. The lowest BCUT2D eigenvalue weighted by Gasteiger charge is -2.20. The molecule has 0 atom stereocenters. The zero-order valence-corrected chi connectivity index (χ0v) is 44.6. The largest absolute Gasteiger partial charge is 0.481 e. The van der Waals surface area contributed by atoms with Crippen molar-refractivity contribution < 1.29 is 60.0 Å². The van der Waals surface area contributed by atoms with Gasteiger partial charge in [-0.3, -0.25) is 9.59 Å². The van der Waals surface area contributed by atoms with Crippen LogP contribution < -0.4 is 19.3 Å². The van der Waals surface area contributed by atoms with E-state index in [4.69, 9.17) is 19.7 Å². The van der Waals surface area contributed by atoms with Crippen molar-refractivity contribution >= 4 is 31.9 Å². The Morgan fingerprint density at radius 1 is 0.644 bits per heavy atom. The summed E-state index contributed by atoms with van der Waals surface area (Å²) < 4.78 is 89.0. The maximum atomic E-state index is 14.5. The van der Waals surface area contributed by atoms with Gasteiger partial charge in [0.25, 0.3) is 10.0 Å². The van der Waals surface area contributed by atoms with Gasteiger partial charge in [0.05, 0.1) is 48.1 Å². The number of pyridine rings is 2. The van der Waals surface area contributed by atoms with Gasteiger partial charge in [0.1, 0.15) is 11.6 Å². The van der Waals surface area contributed by atoms with Crippen LogP contribution in [-0.2, 0) is 53.7 Å². The van der Waals surface area contributed by atoms with Crippen molar-refractivity contribution in [2.45, 2.75) is 115 Å². The van der Waals surface area contributed by atoms with Crippen molar-refractivity contribution in [2.75, 3.05) is 14.2 Å². The average Bonchev–Trinajstić information content (AvgIpc) is 3.28. The minimum Gasteiger partial charge on any atom is -0.481 e. The van der Waals surface area contributed by atoms with Gasteiger partial charge in [0.15, 0.2) is 0 Å². The molecule has 19 heteroatoms. The third-order valence-corrected chi connectivity index (χ3v) is 14.1. The highest BCUT2D eigenvalue weighted by Crippen LogP contribution is 2.35. The quantitative estimate of drug-likeness (QED) is 0.0645. The van der Waals surface area contributed by atoms with E-state index in [1.54, 1.807) is 90.2 Å². The number of aliphatic carboxylic acids is 1. The molecular formula is C54H64F2N4O11S2. The zero-order valence-electron chi connectivity index (χ0n) is 43.0. The van der Waals surface area contributed by atoms with E-state index in [1.807, 2.05) is 27.7 Å². The maximum absolute atomic E-state index is 14.5. The first-order valence-corrected chi connectivity index (χ1v) is 25.9. The molecule has 0 saturated heterocycles. The average molecular weight is 1050 g/mol. The van der Waals surface area contributed by atoms with E-state index in [0.717, 1.165) is 0 Å². The number of primary sulfonamides is 1. The van der Waals surface area contributed by atoms with Gasteiger partial charge in [-0.1, -0.05) is 52.0 Å². The van der Waals surface area contributed by atoms with Crippen LogP contribution in [0.15, 0.2) is 107 Å². The first-order valence-electron chi connectivity index (χ1n) is 22.9. The van der Waals surface area contributed by atoms with E-state index in [9.17, 15) is 45.4 Å². The predicted molar refractivity (Wildman–Crippen MR) is 275 cm³/mol. The van der Waals surface area contributed by atoms with Crippen LogP contribution in [0.3, 0.4) is 0 Å². The highest BCUT2D eigenvalue weighted by molar-refractivity contribution is 7.90. The number of carboxylic acids is 1. The van der Waals surface area contributed by atoms with Gasteiger partial charge >= 0.3 is 5.97 Å². The van der Waals surface area contributed by atoms with E-state index in [-0.39, 0.29) is 40.3 Å². The number of sulfonamides is 2. The number of amides is 1. The third-order valence-electron chi connectivity index (χ3n) is 11.5. The standard InChI is InChI=1S/C27H31FN2O5S.C17H18FNO3.C10H15NO3S/c1-16(2)21-12-20(28)13-22(18-7-10-26(35-6)29-15-18)23(21)14-25(31)30-36(33,34)24-9-8-19(11-17(24)3)27(4,5)32;1-10(2)13-6-12(18)7-14(15(13)8-17(20)21)11-4-5-16(22-3)19-9-11;1-7-6-8(10(2,3)12)4-5-9(7)15(11,13)14/h7-13,15-16,32H,14H2,1-6H3,(H,30,31);4-7,9-10H,8H2,1-3H3,(H,20,21);4-6,12H,1-3H3,(H2,11,13,14). The van der Waals surface area contributed by atoms with Gasteiger partial charge in [0, 0.05) is 35.7 Å². The number of aliphatic hydroxyl groups is 2. The number of ether oxygens (including phenoxy) is 2. The molecule has 0 saturated carbocycles. The monoisotopic (exact) mass is 1050 g/mol. The summed E-state index contributed by atoms with van der Waals surface area (Å²) in [5, 5.41) is 34.1. The number of aryl methyl sites for hydroxylation is 2. The number of nitrogens with two attached hydrogens (primary N) is 1. The Morgan fingerprint density at radius 3 is 1.36 bits per heavy atom. The second kappa shape index (κ2) is 23.9. The zero-order chi connectivity index (χ0) is 55.0. The number of carboxylic acid groups (broad SMARTS) is 1. The van der Waals surface area contributed by atoms with Crippen molar-refractivity contribution in [3.63, 3.8) is 0 Å². The molecule has 1 amide bonds. The van der Waals surface area contributed by atoms with Gasteiger partial charge in [-0.2, -0.15) is 0 Å². The highest BCUT2D eigenvalue weighted by Gasteiger charge is 2.26. The Hall–Kier alpha value is -6.64. The van der Waals surface area contributed by atoms with E-state index in [2.05, 4.69) is 14.7 Å². The van der Waals surface area contributed by atoms with Crippen molar-refractivity contribution in [1.29, 1.82) is 0 Å². The van der Waals surface area contributed by atoms with Crippen molar-refractivity contribution in [3.8, 4) is 34.0 Å². The molecule has 15 nitrogen and oxygen atoms in total. The summed E-state index contributed by atoms with van der Waals surface area (Å²) in [6, 6.07) is 21.2. The molecule has 392 valence electrons. The van der Waals surface area contributed by atoms with Gasteiger partial charge in [-0.05, 0) is 158 Å². The summed E-state index contributed by atoms with van der Waals surface area (Å²) in [5.41, 5.74) is 4.70. The normalized spacial score (nSPS) is 11.8. The van der Waals surface area contributed by atoms with Crippen LogP contribution in [0.1, 0.15) is 112 Å². The molecule has 6 aromatic rings. The molecule has 0 unspecified atom stereocenters. The predicted octanol–water partition coefficient (Wildman–Crippen LogP) is 9.12. The minimum atomic E-state index is -4.18. The van der Waals surface area contributed by atoms with Gasteiger partial charge in [0.2, 0.25) is 27.7 Å². The van der Waals surface area contributed by atoms with E-state index < -0.39 is 48.9 Å². The Morgan fingerprint density at radius 2 is 1.04 bits per heavy atom. The van der Waals surface area contributed by atoms with Crippen LogP contribution in [0, 0.1) is 25.5 Å². The fourth-order valence-corrected chi connectivity index (χ4v) is 9.79. The molecular weight excluding hydrogens is 983 g/mol. The van der Waals surface area contributed by atoms with Gasteiger partial charge in [-0.25, -0.2) is 45.4 Å². The van der Waals surface area contributed by atoms with Crippen LogP contribution in [0.25, 0.3) is 22.3 Å². The van der Waals surface area contributed by atoms with E-state index >= 15 is 0 Å². The Bertz CT molecular complexity index is 3170. The lowest BCUT2D eigenvalue weighted by molar-refractivity contribution is -0.136. The highest BCUT2D eigenvalue weighted by atomic mass is 32.2. The molecule has 0 spiro atoms. The summed E-state index contributed by atoms with van der Waals surface area (Å²) in [6.07, 6.45) is 2.64. The molecule has 0 aliphatic heterocycles. The van der Waals surface area contributed by atoms with Crippen LogP contribution >= 0.6 is 0 Å². The van der Waals surface area contributed by atoms with E-state index in [1.165, 1.54) is 62.9 Å². The first-order chi connectivity index (χ1) is 33.8. The van der Waals surface area contributed by atoms with Crippen LogP contribution in [-0.4, -0.2) is 68.2 Å². The summed E-state index contributed by atoms with van der Waals surface area (Å²) in [6.45, 7) is 17.3. The second-order valence-electron chi connectivity index (χ2n) is 18.9. The fourth-order valence-electron chi connectivity index (χ4n) is 7.81. The molecule has 0 aliphatic rings. The summed E-state index contributed by atoms with van der Waals surface area (Å²) in [4.78, 5) is 32.5. The molecule has 2 heterocycles. The SMILES string of the molecule is COc1ccc(-c2cc(F)cc(C(C)C)c2CC(=O)NS(=O)(=O)c2ccc(C(C)(C)O)cc2C)cn1.COc1ccc(-c2cc(F)cc(C(C)C)c2CC(=O)O)cn1.Cc1cc(C(C)(C)O)ccc1S(N)(=O)=O. The van der Waals surface area contributed by atoms with Crippen molar-refractivity contribution in [2.24, 2.45) is 5.14 Å². The molecule has 73 heavy (non-hydrogen) atoms. The molecule has 4 aromatic carbocycles. The Kier molecular flexibility index (Phi) is 19.3. The number of halogens is 2. The maximum Gasteiger partial charge on any atom is 0.307 e. The Balaban J connectivity index is 0.000000264. The number of carbonyl (C=O) groups is 2. The third kappa shape index (κ3) is 15.9. The summed E-state index contributed by atoms with van der Waals surface area (Å²) in [7, 11) is -4.87. The Labute approximate surface area is 426 Å². The fraction of sp³-hybridized carbons (Fsp3) is 0.333. The smallest absolute Gasteiger partial charge is 0.307 e.